The molecule has 0 saturated carbocycles. The van der Waals surface area contributed by atoms with Crippen molar-refractivity contribution in [2.45, 2.75) is 53.2 Å². The average Bonchev–Trinajstić information content (AvgIpc) is 3.12. The molecule has 1 unspecified atom stereocenters. The largest absolute Gasteiger partial charge is 0.497 e. The third-order valence-corrected chi connectivity index (χ3v) is 5.98. The van der Waals surface area contributed by atoms with E-state index in [1.807, 2.05) is 45.9 Å². The highest BCUT2D eigenvalue weighted by molar-refractivity contribution is 5.86. The summed E-state index contributed by atoms with van der Waals surface area (Å²) >= 11 is 0. The zero-order chi connectivity index (χ0) is 23.2. The zero-order valence-corrected chi connectivity index (χ0v) is 19.4. The predicted molar refractivity (Wildman–Crippen MR) is 125 cm³/mol. The first-order valence-corrected chi connectivity index (χ1v) is 11.2. The van der Waals surface area contributed by atoms with Gasteiger partial charge in [0.05, 0.1) is 13.2 Å². The third-order valence-electron chi connectivity index (χ3n) is 5.98. The van der Waals surface area contributed by atoms with E-state index in [0.29, 0.717) is 19.6 Å². The van der Waals surface area contributed by atoms with Crippen LogP contribution in [0.25, 0.3) is 10.9 Å². The molecule has 1 aliphatic rings. The van der Waals surface area contributed by atoms with Gasteiger partial charge in [0.25, 0.3) is 5.56 Å². The molecule has 0 saturated heterocycles. The number of aromatic hydroxyl groups is 1. The Morgan fingerprint density at radius 1 is 1.12 bits per heavy atom. The standard InChI is InChI=1S/C24H32N4O4/c1-13(2)11-27-22(29)19(23(30)28(24(27)31)12-14(3)4)21-20-16(8-9-25-21)17-10-15(32-5)6-7-18(17)26-20/h6-7,10,13-14,21,25-26,29H,8-9,11-12H2,1-5H3. The van der Waals surface area contributed by atoms with Crippen molar-refractivity contribution in [3.63, 3.8) is 0 Å². The Hall–Kier alpha value is -3.00. The highest BCUT2D eigenvalue weighted by Crippen LogP contribution is 2.36. The van der Waals surface area contributed by atoms with E-state index >= 15 is 0 Å². The Labute approximate surface area is 186 Å². The fraction of sp³-hybridized carbons (Fsp3) is 0.500. The SMILES string of the molecule is COc1ccc2[nH]c3c(c2c1)CCNC3c1c(O)n(CC(C)C)c(=O)n(CC(C)C)c1=O. The second-order valence-corrected chi connectivity index (χ2v) is 9.40. The minimum Gasteiger partial charge on any atom is -0.497 e. The van der Waals surface area contributed by atoms with Gasteiger partial charge in [-0.3, -0.25) is 13.9 Å². The summed E-state index contributed by atoms with van der Waals surface area (Å²) in [6.45, 7) is 9.16. The maximum Gasteiger partial charge on any atom is 0.333 e. The fourth-order valence-electron chi connectivity index (χ4n) is 4.60. The van der Waals surface area contributed by atoms with E-state index in [2.05, 4.69) is 10.3 Å². The van der Waals surface area contributed by atoms with E-state index in [1.54, 1.807) is 7.11 Å². The number of methoxy groups -OCH3 is 1. The van der Waals surface area contributed by atoms with Gasteiger partial charge in [0.1, 0.15) is 11.3 Å². The quantitative estimate of drug-likeness (QED) is 0.547. The van der Waals surface area contributed by atoms with Crippen LogP contribution in [0.1, 0.15) is 50.6 Å². The van der Waals surface area contributed by atoms with Gasteiger partial charge in [0.2, 0.25) is 5.88 Å². The van der Waals surface area contributed by atoms with Crippen molar-refractivity contribution in [3.8, 4) is 11.6 Å². The molecule has 8 heteroatoms. The van der Waals surface area contributed by atoms with Crippen molar-refractivity contribution in [2.24, 2.45) is 11.8 Å². The highest BCUT2D eigenvalue weighted by Gasteiger charge is 2.32. The Morgan fingerprint density at radius 3 is 2.47 bits per heavy atom. The molecule has 1 aromatic carbocycles. The number of nitrogens with one attached hydrogen (secondary N) is 2. The van der Waals surface area contributed by atoms with E-state index in [4.69, 9.17) is 4.74 Å². The molecule has 172 valence electrons. The number of ether oxygens (including phenoxy) is 1. The topological polar surface area (TPSA) is 101 Å². The normalized spacial score (nSPS) is 16.2. The lowest BCUT2D eigenvalue weighted by Crippen LogP contribution is -2.45. The molecule has 4 rings (SSSR count). The van der Waals surface area contributed by atoms with Gasteiger partial charge in [0.15, 0.2) is 0 Å². The minimum atomic E-state index is -0.540. The molecule has 0 amide bonds. The number of aromatic nitrogens is 3. The summed E-state index contributed by atoms with van der Waals surface area (Å²) in [5.41, 5.74) is 2.20. The molecule has 1 aliphatic heterocycles. The van der Waals surface area contributed by atoms with Gasteiger partial charge >= 0.3 is 5.69 Å². The van der Waals surface area contributed by atoms with Crippen LogP contribution in [0.15, 0.2) is 27.8 Å². The number of rotatable bonds is 6. The summed E-state index contributed by atoms with van der Waals surface area (Å²) in [7, 11) is 1.64. The highest BCUT2D eigenvalue weighted by atomic mass is 16.5. The summed E-state index contributed by atoms with van der Waals surface area (Å²) in [5, 5.41) is 15.6. The Morgan fingerprint density at radius 2 is 1.81 bits per heavy atom. The second kappa shape index (κ2) is 8.50. The maximum absolute atomic E-state index is 13.5. The smallest absolute Gasteiger partial charge is 0.333 e. The fourth-order valence-corrected chi connectivity index (χ4v) is 4.60. The van der Waals surface area contributed by atoms with Crippen LogP contribution in [0.4, 0.5) is 0 Å². The van der Waals surface area contributed by atoms with Gasteiger partial charge in [-0.2, -0.15) is 0 Å². The van der Waals surface area contributed by atoms with E-state index in [0.717, 1.165) is 34.3 Å². The number of hydrogen-bond acceptors (Lipinski definition) is 5. The predicted octanol–water partition coefficient (Wildman–Crippen LogP) is 2.75. The molecule has 0 radical (unpaired) electrons. The molecule has 0 aliphatic carbocycles. The van der Waals surface area contributed by atoms with Crippen LogP contribution in [-0.2, 0) is 19.5 Å². The van der Waals surface area contributed by atoms with E-state index in [-0.39, 0.29) is 23.3 Å². The van der Waals surface area contributed by atoms with Gasteiger partial charge in [-0.05, 0) is 42.0 Å². The van der Waals surface area contributed by atoms with Crippen molar-refractivity contribution in [1.82, 2.24) is 19.4 Å². The van der Waals surface area contributed by atoms with Crippen LogP contribution in [0.5, 0.6) is 11.6 Å². The summed E-state index contributed by atoms with van der Waals surface area (Å²) in [5.74, 6) is 0.755. The first kappa shape index (κ1) is 22.2. The number of benzene rings is 1. The molecule has 1 atom stereocenters. The van der Waals surface area contributed by atoms with Crippen LogP contribution < -0.4 is 21.3 Å². The maximum atomic E-state index is 13.5. The van der Waals surface area contributed by atoms with Gasteiger partial charge < -0.3 is 20.1 Å². The van der Waals surface area contributed by atoms with Crippen LogP contribution in [-0.4, -0.2) is 32.9 Å². The van der Waals surface area contributed by atoms with Crippen LogP contribution >= 0.6 is 0 Å². The molecule has 8 nitrogen and oxygen atoms in total. The molecule has 3 aromatic rings. The van der Waals surface area contributed by atoms with Crippen molar-refractivity contribution in [3.05, 3.63) is 55.9 Å². The molecule has 3 heterocycles. The first-order valence-electron chi connectivity index (χ1n) is 11.2. The molecular formula is C24H32N4O4. The average molecular weight is 441 g/mol. The molecular weight excluding hydrogens is 408 g/mol. The lowest BCUT2D eigenvalue weighted by molar-refractivity contribution is 0.343. The molecule has 2 aromatic heterocycles. The lowest BCUT2D eigenvalue weighted by atomic mass is 9.95. The van der Waals surface area contributed by atoms with Crippen LogP contribution in [0.2, 0.25) is 0 Å². The third kappa shape index (κ3) is 3.72. The summed E-state index contributed by atoms with van der Waals surface area (Å²) in [6.07, 6.45) is 0.783. The van der Waals surface area contributed by atoms with Gasteiger partial charge in [0, 0.05) is 36.2 Å². The van der Waals surface area contributed by atoms with Crippen LogP contribution in [0.3, 0.4) is 0 Å². The lowest BCUT2D eigenvalue weighted by Gasteiger charge is -2.27. The van der Waals surface area contributed by atoms with E-state index in [9.17, 15) is 14.7 Å². The number of hydrogen-bond donors (Lipinski definition) is 3. The molecule has 3 N–H and O–H groups in total. The molecule has 0 spiro atoms. The van der Waals surface area contributed by atoms with Crippen LogP contribution in [0, 0.1) is 11.8 Å². The number of aromatic amines is 1. The number of nitrogens with zero attached hydrogens (tertiary/aromatic N) is 2. The Balaban J connectivity index is 1.96. The van der Waals surface area contributed by atoms with Gasteiger partial charge in [-0.1, -0.05) is 27.7 Å². The van der Waals surface area contributed by atoms with Gasteiger partial charge in [-0.25, -0.2) is 4.79 Å². The number of H-pyrrole nitrogens is 1. The monoisotopic (exact) mass is 440 g/mol. The Bertz CT molecular complexity index is 1270. The van der Waals surface area contributed by atoms with E-state index in [1.165, 1.54) is 9.13 Å². The summed E-state index contributed by atoms with van der Waals surface area (Å²) < 4.78 is 8.00. The Kier molecular flexibility index (Phi) is 5.90. The van der Waals surface area contributed by atoms with Crippen molar-refractivity contribution < 1.29 is 9.84 Å². The zero-order valence-electron chi connectivity index (χ0n) is 19.4. The molecule has 0 bridgehead atoms. The summed E-state index contributed by atoms with van der Waals surface area (Å²) in [6, 6.07) is 5.30. The van der Waals surface area contributed by atoms with Crippen molar-refractivity contribution in [1.29, 1.82) is 0 Å². The van der Waals surface area contributed by atoms with Crippen molar-refractivity contribution >= 4 is 10.9 Å². The number of fused-ring (bicyclic) bond motifs is 3. The van der Waals surface area contributed by atoms with E-state index < -0.39 is 17.3 Å². The minimum absolute atomic E-state index is 0.112. The van der Waals surface area contributed by atoms with Gasteiger partial charge in [-0.15, -0.1) is 0 Å². The van der Waals surface area contributed by atoms with Crippen molar-refractivity contribution in [2.75, 3.05) is 13.7 Å². The first-order chi connectivity index (χ1) is 15.2. The molecule has 32 heavy (non-hydrogen) atoms. The molecule has 0 fully saturated rings. The second-order valence-electron chi connectivity index (χ2n) is 9.40. The summed E-state index contributed by atoms with van der Waals surface area (Å²) in [4.78, 5) is 30.1.